The van der Waals surface area contributed by atoms with Gasteiger partial charge in [0.25, 0.3) is 0 Å². The summed E-state index contributed by atoms with van der Waals surface area (Å²) in [6.07, 6.45) is 48.0. The third kappa shape index (κ3) is 30.6. The summed E-state index contributed by atoms with van der Waals surface area (Å²) in [6.45, 7) is 3.63. The lowest BCUT2D eigenvalue weighted by atomic mass is 9.99. The highest BCUT2D eigenvalue weighted by Crippen LogP contribution is 2.22. The fourth-order valence-electron chi connectivity index (χ4n) is 7.18. The summed E-state index contributed by atoms with van der Waals surface area (Å²) in [5.41, 5.74) is 0. The number of aliphatic hydroxyl groups is 5. The number of allylic oxidation sites excluding steroid dienone is 11. The van der Waals surface area contributed by atoms with Crippen LogP contribution in [0.1, 0.15) is 187 Å². The van der Waals surface area contributed by atoms with Crippen LogP contribution in [0.15, 0.2) is 72.9 Å². The van der Waals surface area contributed by atoms with Crippen molar-refractivity contribution < 1.29 is 39.8 Å². The van der Waals surface area contributed by atoms with Crippen LogP contribution in [-0.4, -0.2) is 87.5 Å². The first-order chi connectivity index (χ1) is 29.3. The fraction of sp³-hybridized carbons (Fsp3) is 0.745. The minimum Gasteiger partial charge on any atom is -0.394 e. The van der Waals surface area contributed by atoms with Crippen molar-refractivity contribution in [2.75, 3.05) is 13.2 Å². The van der Waals surface area contributed by atoms with Crippen molar-refractivity contribution in [2.24, 2.45) is 0 Å². The number of hydrogen-bond donors (Lipinski definition) is 6. The first-order valence-electron chi connectivity index (χ1n) is 24.2. The van der Waals surface area contributed by atoms with E-state index in [-0.39, 0.29) is 12.5 Å². The van der Waals surface area contributed by atoms with Gasteiger partial charge in [-0.25, -0.2) is 0 Å². The van der Waals surface area contributed by atoms with E-state index in [4.69, 9.17) is 9.47 Å². The highest BCUT2D eigenvalue weighted by Gasteiger charge is 2.44. The van der Waals surface area contributed by atoms with Crippen molar-refractivity contribution in [3.63, 3.8) is 0 Å². The molecule has 1 heterocycles. The molecule has 1 amide bonds. The van der Waals surface area contributed by atoms with Crippen molar-refractivity contribution in [2.45, 2.75) is 230 Å². The Labute approximate surface area is 366 Å². The number of carbonyl (C=O) groups excluding carboxylic acids is 1. The van der Waals surface area contributed by atoms with Gasteiger partial charge in [-0.05, 0) is 64.2 Å². The van der Waals surface area contributed by atoms with E-state index in [0.29, 0.717) is 6.42 Å². The Bertz CT molecular complexity index is 1160. The number of unbranched alkanes of at least 4 members (excludes halogenated alkanes) is 19. The highest BCUT2D eigenvalue weighted by atomic mass is 16.7. The van der Waals surface area contributed by atoms with Gasteiger partial charge in [0.05, 0.1) is 25.4 Å². The van der Waals surface area contributed by atoms with E-state index in [9.17, 15) is 30.3 Å². The number of amides is 1. The van der Waals surface area contributed by atoms with Crippen molar-refractivity contribution in [1.82, 2.24) is 5.32 Å². The third-order valence-corrected chi connectivity index (χ3v) is 11.0. The van der Waals surface area contributed by atoms with E-state index in [0.717, 1.165) is 83.5 Å². The van der Waals surface area contributed by atoms with E-state index < -0.39 is 49.5 Å². The number of nitrogens with one attached hydrogen (secondary N) is 1. The Kier molecular flexibility index (Phi) is 37.7. The molecule has 9 heteroatoms. The number of hydrogen-bond acceptors (Lipinski definition) is 8. The molecule has 1 rings (SSSR count). The third-order valence-electron chi connectivity index (χ3n) is 11.0. The Balaban J connectivity index is 2.28. The SMILES string of the molecule is CC/C=C\C/C=C\C/C=C\C/C=C\C/C=C\CCCCCCCCCCCC(=O)NC(COC1OC(CO)C(O)C(O)C1O)C(O)/C=C/CCCCCCCCCCCC. The molecule has 0 aromatic carbocycles. The smallest absolute Gasteiger partial charge is 0.220 e. The summed E-state index contributed by atoms with van der Waals surface area (Å²) in [6, 6.07) is -0.810. The quantitative estimate of drug-likeness (QED) is 0.0265. The largest absolute Gasteiger partial charge is 0.394 e. The monoisotopic (exact) mass is 844 g/mol. The van der Waals surface area contributed by atoms with Gasteiger partial charge in [-0.1, -0.05) is 189 Å². The van der Waals surface area contributed by atoms with E-state index in [1.54, 1.807) is 6.08 Å². The lowest BCUT2D eigenvalue weighted by molar-refractivity contribution is -0.302. The Morgan fingerprint density at radius 1 is 0.583 bits per heavy atom. The lowest BCUT2D eigenvalue weighted by Crippen LogP contribution is -2.60. The van der Waals surface area contributed by atoms with Crippen LogP contribution in [0.25, 0.3) is 0 Å². The van der Waals surface area contributed by atoms with Crippen LogP contribution in [0.4, 0.5) is 0 Å². The number of carbonyl (C=O) groups is 1. The van der Waals surface area contributed by atoms with Crippen LogP contribution >= 0.6 is 0 Å². The predicted molar refractivity (Wildman–Crippen MR) is 249 cm³/mol. The number of rotatable bonds is 39. The summed E-state index contributed by atoms with van der Waals surface area (Å²) < 4.78 is 11.2. The van der Waals surface area contributed by atoms with Crippen LogP contribution in [0.5, 0.6) is 0 Å². The van der Waals surface area contributed by atoms with Gasteiger partial charge in [0.2, 0.25) is 5.91 Å². The molecule has 7 unspecified atom stereocenters. The number of aliphatic hydroxyl groups excluding tert-OH is 5. The highest BCUT2D eigenvalue weighted by molar-refractivity contribution is 5.76. The normalized spacial score (nSPS) is 21.2. The molecule has 0 saturated carbocycles. The minimum absolute atomic E-state index is 0.188. The van der Waals surface area contributed by atoms with E-state index in [2.05, 4.69) is 79.9 Å². The van der Waals surface area contributed by atoms with Crippen LogP contribution in [-0.2, 0) is 14.3 Å². The second-order valence-electron chi connectivity index (χ2n) is 16.5. The predicted octanol–water partition coefficient (Wildman–Crippen LogP) is 10.6. The first-order valence-corrected chi connectivity index (χ1v) is 24.2. The lowest BCUT2D eigenvalue weighted by Gasteiger charge is -2.40. The molecule has 1 aliphatic rings. The average molecular weight is 844 g/mol. The summed E-state index contributed by atoms with van der Waals surface area (Å²) in [7, 11) is 0. The van der Waals surface area contributed by atoms with Gasteiger partial charge in [0.1, 0.15) is 24.4 Å². The maximum atomic E-state index is 13.0. The van der Waals surface area contributed by atoms with E-state index >= 15 is 0 Å². The molecule has 0 spiro atoms. The molecule has 1 saturated heterocycles. The molecule has 9 nitrogen and oxygen atoms in total. The molecule has 0 bridgehead atoms. The van der Waals surface area contributed by atoms with Crippen LogP contribution in [0.2, 0.25) is 0 Å². The van der Waals surface area contributed by atoms with E-state index in [1.807, 2.05) is 6.08 Å². The molecule has 7 atom stereocenters. The Hall–Kier alpha value is -2.37. The van der Waals surface area contributed by atoms with Crippen LogP contribution in [0.3, 0.4) is 0 Å². The van der Waals surface area contributed by atoms with Gasteiger partial charge in [0, 0.05) is 6.42 Å². The molecular weight excluding hydrogens is 755 g/mol. The summed E-state index contributed by atoms with van der Waals surface area (Å²) >= 11 is 0. The molecule has 346 valence electrons. The Morgan fingerprint density at radius 3 is 1.53 bits per heavy atom. The summed E-state index contributed by atoms with van der Waals surface area (Å²) in [5.74, 6) is -0.188. The number of ether oxygens (including phenoxy) is 2. The zero-order valence-electron chi connectivity index (χ0n) is 37.9. The zero-order valence-corrected chi connectivity index (χ0v) is 37.9. The molecule has 0 aliphatic carbocycles. The molecular formula is C51H89NO8. The topological polar surface area (TPSA) is 149 Å². The second kappa shape index (κ2) is 40.7. The van der Waals surface area contributed by atoms with Gasteiger partial charge in [0.15, 0.2) is 6.29 Å². The summed E-state index contributed by atoms with van der Waals surface area (Å²) in [4.78, 5) is 13.0. The zero-order chi connectivity index (χ0) is 43.7. The van der Waals surface area contributed by atoms with Crippen LogP contribution < -0.4 is 5.32 Å². The van der Waals surface area contributed by atoms with Gasteiger partial charge in [-0.2, -0.15) is 0 Å². The van der Waals surface area contributed by atoms with Crippen molar-refractivity contribution in [3.05, 3.63) is 72.9 Å². The van der Waals surface area contributed by atoms with Crippen LogP contribution in [0, 0.1) is 0 Å². The summed E-state index contributed by atoms with van der Waals surface area (Å²) in [5, 5.41) is 54.2. The average Bonchev–Trinajstić information content (AvgIpc) is 3.25. The van der Waals surface area contributed by atoms with Gasteiger partial charge in [-0.3, -0.25) is 4.79 Å². The maximum absolute atomic E-state index is 13.0. The van der Waals surface area contributed by atoms with Crippen molar-refractivity contribution >= 4 is 5.91 Å². The standard InChI is InChI=1S/C51H89NO8/c1-3-5-7-9-11-13-15-17-18-19-20-21-22-23-24-25-26-27-28-29-31-33-35-37-39-41-47(55)52-44(43-59-51-50(58)49(57)48(56)46(42-53)60-51)45(54)40-38-36-34-32-30-16-14-12-10-8-6-4-2/h5,7,11,13,17-18,20-21,23-24,38,40,44-46,48-51,53-54,56-58H,3-4,6,8-10,12,14-16,19,22,25-37,39,41-43H2,1-2H3,(H,52,55)/b7-5-,13-11-,18-17-,21-20-,24-23-,40-38+. The van der Waals surface area contributed by atoms with Gasteiger partial charge in [-0.15, -0.1) is 0 Å². The molecule has 0 aromatic heterocycles. The molecule has 0 radical (unpaired) electrons. The van der Waals surface area contributed by atoms with Gasteiger partial charge >= 0.3 is 0 Å². The second-order valence-corrected chi connectivity index (χ2v) is 16.5. The van der Waals surface area contributed by atoms with Gasteiger partial charge < -0.3 is 40.3 Å². The molecule has 60 heavy (non-hydrogen) atoms. The molecule has 0 aromatic rings. The molecule has 6 N–H and O–H groups in total. The van der Waals surface area contributed by atoms with Crippen molar-refractivity contribution in [3.8, 4) is 0 Å². The molecule has 1 aliphatic heterocycles. The maximum Gasteiger partial charge on any atom is 0.220 e. The Morgan fingerprint density at radius 2 is 1.03 bits per heavy atom. The minimum atomic E-state index is -1.57. The van der Waals surface area contributed by atoms with E-state index in [1.165, 1.54) is 83.5 Å². The van der Waals surface area contributed by atoms with Crippen molar-refractivity contribution in [1.29, 1.82) is 0 Å². The first kappa shape index (κ1) is 55.6. The fourth-order valence-corrected chi connectivity index (χ4v) is 7.18. The molecule has 1 fully saturated rings.